The number of aliphatic hydroxyl groups is 1. The normalized spacial score (nSPS) is 15.8. The number of benzene rings is 3. The van der Waals surface area contributed by atoms with Gasteiger partial charge in [0.1, 0.15) is 23.7 Å². The van der Waals surface area contributed by atoms with Crippen LogP contribution >= 0.6 is 34.7 Å². The quantitative estimate of drug-likeness (QED) is 0.0534. The molecule has 48 heavy (non-hydrogen) atoms. The first-order valence-corrected chi connectivity index (χ1v) is 17.2. The zero-order valence-electron chi connectivity index (χ0n) is 25.8. The number of halogens is 1. The number of aliphatic hydroxyl groups excluding tert-OH is 1. The van der Waals surface area contributed by atoms with Gasteiger partial charge in [0.25, 0.3) is 5.78 Å². The van der Waals surface area contributed by atoms with Crippen LogP contribution < -0.4 is 9.64 Å². The molecule has 0 spiro atoms. The third-order valence-corrected chi connectivity index (χ3v) is 10.6. The lowest BCUT2D eigenvalue weighted by Gasteiger charge is -2.22. The van der Waals surface area contributed by atoms with E-state index in [2.05, 4.69) is 15.2 Å². The minimum absolute atomic E-state index is 0.0809. The van der Waals surface area contributed by atoms with Crippen molar-refractivity contribution in [3.8, 4) is 5.75 Å². The van der Waals surface area contributed by atoms with Gasteiger partial charge in [-0.05, 0) is 60.4 Å². The number of carbonyl (C=O) groups excluding carboxylic acids is 2. The second-order valence-electron chi connectivity index (χ2n) is 11.2. The number of imidazole rings is 1. The fraction of sp³-hybridized carbons (Fsp3) is 0.139. The number of hydrogen-bond acceptors (Lipinski definition) is 9. The summed E-state index contributed by atoms with van der Waals surface area (Å²) in [4.78, 5) is 33.6. The maximum absolute atomic E-state index is 13.8. The zero-order chi connectivity index (χ0) is 33.4. The van der Waals surface area contributed by atoms with E-state index in [-0.39, 0.29) is 22.2 Å². The molecule has 1 N–H and O–H groups in total. The lowest BCUT2D eigenvalue weighted by molar-refractivity contribution is -0.132. The molecule has 3 aromatic carbocycles. The number of ether oxygens (including phenoxy) is 1. The Morgan fingerprint density at radius 2 is 1.71 bits per heavy atom. The molecule has 1 unspecified atom stereocenters. The van der Waals surface area contributed by atoms with E-state index in [9.17, 15) is 14.7 Å². The van der Waals surface area contributed by atoms with Crippen LogP contribution in [0.5, 0.6) is 5.75 Å². The van der Waals surface area contributed by atoms with E-state index in [1.54, 1.807) is 24.3 Å². The third kappa shape index (κ3) is 5.96. The van der Waals surface area contributed by atoms with E-state index in [1.807, 2.05) is 91.2 Å². The number of aromatic nitrogens is 4. The maximum atomic E-state index is 13.8. The number of fused-ring (bicyclic) bond motifs is 1. The maximum Gasteiger partial charge on any atom is 0.301 e. The first kappa shape index (κ1) is 31.6. The van der Waals surface area contributed by atoms with Crippen molar-refractivity contribution in [2.75, 3.05) is 4.90 Å². The number of anilines is 1. The van der Waals surface area contributed by atoms with Gasteiger partial charge in [0.15, 0.2) is 10.1 Å². The minimum atomic E-state index is -0.993. The lowest BCUT2D eigenvalue weighted by Crippen LogP contribution is -2.29. The molecule has 0 radical (unpaired) electrons. The van der Waals surface area contributed by atoms with Crippen LogP contribution in [0, 0.1) is 13.8 Å². The molecule has 240 valence electrons. The fourth-order valence-electron chi connectivity index (χ4n) is 5.62. The van der Waals surface area contributed by atoms with Crippen LogP contribution in [0.1, 0.15) is 39.7 Å². The number of ketones is 1. The summed E-state index contributed by atoms with van der Waals surface area (Å²) in [6.07, 6.45) is 1.84. The van der Waals surface area contributed by atoms with E-state index in [4.69, 9.17) is 16.3 Å². The molecule has 1 saturated heterocycles. The number of carbonyl (C=O) groups is 2. The van der Waals surface area contributed by atoms with Crippen molar-refractivity contribution in [3.05, 3.63) is 141 Å². The number of hydrogen-bond donors (Lipinski definition) is 1. The summed E-state index contributed by atoms with van der Waals surface area (Å²) < 4.78 is 8.44. The zero-order valence-corrected chi connectivity index (χ0v) is 28.2. The molecule has 1 fully saturated rings. The molecule has 0 aliphatic carbocycles. The van der Waals surface area contributed by atoms with Crippen molar-refractivity contribution in [1.29, 1.82) is 0 Å². The van der Waals surface area contributed by atoms with Gasteiger partial charge in [0.05, 0.1) is 17.3 Å². The molecule has 3 aromatic heterocycles. The predicted octanol–water partition coefficient (Wildman–Crippen LogP) is 7.95. The molecule has 4 heterocycles. The summed E-state index contributed by atoms with van der Waals surface area (Å²) in [7, 11) is 0. The second kappa shape index (κ2) is 13.3. The van der Waals surface area contributed by atoms with Gasteiger partial charge in [0, 0.05) is 17.0 Å². The molecule has 1 aliphatic heterocycles. The predicted molar refractivity (Wildman–Crippen MR) is 188 cm³/mol. The minimum Gasteiger partial charge on any atom is -0.505 e. The van der Waals surface area contributed by atoms with Crippen LogP contribution in [0.15, 0.2) is 107 Å². The SMILES string of the molecule is Cc1cccn2c(C)c(/C(O)=C3\C(=O)C(=O)N(c4nnc(SCc5ccccc5Cl)s4)C3c3ccc(OCc4ccccc4)cc3)nc12. The Kier molecular flexibility index (Phi) is 8.74. The summed E-state index contributed by atoms with van der Waals surface area (Å²) in [6, 6.07) is 27.3. The van der Waals surface area contributed by atoms with Crippen LogP contribution in [-0.4, -0.2) is 36.4 Å². The van der Waals surface area contributed by atoms with Crippen molar-refractivity contribution in [2.45, 2.75) is 36.6 Å². The molecule has 12 heteroatoms. The number of aryl methyl sites for hydroxylation is 2. The van der Waals surface area contributed by atoms with Crippen molar-refractivity contribution >= 4 is 62.9 Å². The van der Waals surface area contributed by atoms with E-state index >= 15 is 0 Å². The first-order chi connectivity index (χ1) is 23.3. The Hall–Kier alpha value is -4.97. The number of rotatable bonds is 9. The van der Waals surface area contributed by atoms with Gasteiger partial charge >= 0.3 is 5.91 Å². The standard InChI is InChI=1S/C36H28ClN5O4S2/c1-21-9-8-18-41-22(2)29(38-33(21)41)31(43)28-30(24-14-16-26(17-15-24)46-19-23-10-4-3-5-11-23)42(34(45)32(28)44)35-39-40-36(48-35)47-20-25-12-6-7-13-27(25)37/h3-18,30,43H,19-20H2,1-2H3/b31-28+. The molecular formula is C36H28ClN5O4S2. The Labute approximate surface area is 289 Å². The Bertz CT molecular complexity index is 2200. The smallest absolute Gasteiger partial charge is 0.301 e. The molecular weight excluding hydrogens is 666 g/mol. The van der Waals surface area contributed by atoms with Gasteiger partial charge in [0.2, 0.25) is 5.13 Å². The molecule has 7 rings (SSSR count). The Balaban J connectivity index is 1.27. The molecule has 1 atom stereocenters. The first-order valence-electron chi connectivity index (χ1n) is 15.0. The van der Waals surface area contributed by atoms with Crippen molar-refractivity contribution in [1.82, 2.24) is 19.6 Å². The van der Waals surface area contributed by atoms with Gasteiger partial charge in [-0.15, -0.1) is 10.2 Å². The average Bonchev–Trinajstić information content (AvgIpc) is 3.78. The molecule has 6 aromatic rings. The van der Waals surface area contributed by atoms with Crippen LogP contribution in [0.2, 0.25) is 5.02 Å². The molecule has 0 saturated carbocycles. The summed E-state index contributed by atoms with van der Waals surface area (Å²) in [5.41, 5.74) is 4.87. The molecule has 0 bridgehead atoms. The second-order valence-corrected chi connectivity index (χ2v) is 13.8. The van der Waals surface area contributed by atoms with Crippen LogP contribution in [-0.2, 0) is 21.9 Å². The van der Waals surface area contributed by atoms with Crippen LogP contribution in [0.3, 0.4) is 0 Å². The Morgan fingerprint density at radius 3 is 2.46 bits per heavy atom. The highest BCUT2D eigenvalue weighted by atomic mass is 35.5. The van der Waals surface area contributed by atoms with Crippen molar-refractivity contribution < 1.29 is 19.4 Å². The molecule has 1 amide bonds. The summed E-state index contributed by atoms with van der Waals surface area (Å²) in [5.74, 6) is -0.852. The van der Waals surface area contributed by atoms with Gasteiger partial charge in [-0.3, -0.25) is 14.5 Å². The number of amides is 1. The largest absolute Gasteiger partial charge is 0.505 e. The average molecular weight is 694 g/mol. The van der Waals surface area contributed by atoms with E-state index < -0.39 is 17.7 Å². The van der Waals surface area contributed by atoms with Crippen LogP contribution in [0.4, 0.5) is 5.13 Å². The number of Topliss-reactive ketones (excluding diaryl/α,β-unsaturated/α-hetero) is 1. The highest BCUT2D eigenvalue weighted by Gasteiger charge is 2.49. The van der Waals surface area contributed by atoms with E-state index in [0.29, 0.717) is 44.4 Å². The third-order valence-electron chi connectivity index (χ3n) is 8.11. The summed E-state index contributed by atoms with van der Waals surface area (Å²) in [6.45, 7) is 4.11. The molecule has 9 nitrogen and oxygen atoms in total. The van der Waals surface area contributed by atoms with Crippen LogP contribution in [0.25, 0.3) is 11.4 Å². The van der Waals surface area contributed by atoms with Gasteiger partial charge in [-0.1, -0.05) is 101 Å². The summed E-state index contributed by atoms with van der Waals surface area (Å²) in [5, 5.41) is 21.3. The Morgan fingerprint density at radius 1 is 0.958 bits per heavy atom. The lowest BCUT2D eigenvalue weighted by atomic mass is 9.96. The highest BCUT2D eigenvalue weighted by Crippen LogP contribution is 2.44. The number of thioether (sulfide) groups is 1. The molecule has 1 aliphatic rings. The van der Waals surface area contributed by atoms with Crippen molar-refractivity contribution in [3.63, 3.8) is 0 Å². The van der Waals surface area contributed by atoms with E-state index in [1.165, 1.54) is 28.0 Å². The van der Waals surface area contributed by atoms with E-state index in [0.717, 1.165) is 16.7 Å². The topological polar surface area (TPSA) is 110 Å². The van der Waals surface area contributed by atoms with Crippen molar-refractivity contribution in [2.24, 2.45) is 0 Å². The highest BCUT2D eigenvalue weighted by molar-refractivity contribution is 8.00. The fourth-order valence-corrected chi connectivity index (χ4v) is 7.77. The van der Waals surface area contributed by atoms with Gasteiger partial charge in [-0.2, -0.15) is 0 Å². The number of nitrogens with zero attached hydrogens (tertiary/aromatic N) is 5. The monoisotopic (exact) mass is 693 g/mol. The number of pyridine rings is 1. The summed E-state index contributed by atoms with van der Waals surface area (Å²) >= 11 is 8.96. The van der Waals surface area contributed by atoms with Gasteiger partial charge < -0.3 is 14.2 Å². The van der Waals surface area contributed by atoms with Gasteiger partial charge in [-0.25, -0.2) is 4.98 Å².